The molecule has 3 nitrogen and oxygen atoms in total. The van der Waals surface area contributed by atoms with E-state index in [1.54, 1.807) is 31.4 Å². The lowest BCUT2D eigenvalue weighted by molar-refractivity contribution is 0.343. The van der Waals surface area contributed by atoms with Crippen LogP contribution in [0.2, 0.25) is 5.02 Å². The first-order valence-electron chi connectivity index (χ1n) is 4.42. The van der Waals surface area contributed by atoms with Gasteiger partial charge in [0.15, 0.2) is 11.5 Å². The van der Waals surface area contributed by atoms with E-state index in [1.807, 2.05) is 0 Å². The van der Waals surface area contributed by atoms with Gasteiger partial charge >= 0.3 is 0 Å². The summed E-state index contributed by atoms with van der Waals surface area (Å²) in [5.74, 6) is 1.09. The average Bonchev–Trinajstić information content (AvgIpc) is 2.27. The molecule has 4 heteroatoms. The van der Waals surface area contributed by atoms with Crippen LogP contribution in [0.4, 0.5) is 0 Å². The molecule has 0 saturated heterocycles. The summed E-state index contributed by atoms with van der Waals surface area (Å²) >= 11 is 6.09. The molecule has 1 aromatic rings. The summed E-state index contributed by atoms with van der Waals surface area (Å²) in [5.41, 5.74) is 0.781. The fourth-order valence-corrected chi connectivity index (χ4v) is 1.51. The van der Waals surface area contributed by atoms with E-state index in [0.29, 0.717) is 16.5 Å². The molecule has 0 unspecified atom stereocenters. The predicted molar refractivity (Wildman–Crippen MR) is 60.7 cm³/mol. The summed E-state index contributed by atoms with van der Waals surface area (Å²) in [6, 6.07) is 3.57. The monoisotopic (exact) mass is 228 g/mol. The molecule has 0 aliphatic carbocycles. The van der Waals surface area contributed by atoms with Gasteiger partial charge < -0.3 is 14.6 Å². The quantitative estimate of drug-likeness (QED) is 0.860. The maximum atomic E-state index is 8.66. The number of hydrogen-bond donors (Lipinski definition) is 1. The molecule has 0 aromatic heterocycles. The molecule has 1 rings (SSSR count). The van der Waals surface area contributed by atoms with Gasteiger partial charge in [0.2, 0.25) is 0 Å². The third-order valence-electron chi connectivity index (χ3n) is 1.92. The zero-order chi connectivity index (χ0) is 11.3. The molecular weight excluding hydrogens is 216 g/mol. The van der Waals surface area contributed by atoms with E-state index < -0.39 is 0 Å². The fraction of sp³-hybridized carbons (Fsp3) is 0.273. The molecule has 0 bridgehead atoms. The van der Waals surface area contributed by atoms with Gasteiger partial charge in [-0.1, -0.05) is 23.8 Å². The van der Waals surface area contributed by atoms with Gasteiger partial charge in [0, 0.05) is 0 Å². The van der Waals surface area contributed by atoms with Crippen LogP contribution in [0.1, 0.15) is 5.56 Å². The predicted octanol–water partition coefficient (Wildman–Crippen LogP) is 2.36. The van der Waals surface area contributed by atoms with E-state index in [-0.39, 0.29) is 6.61 Å². The molecule has 0 saturated carbocycles. The van der Waals surface area contributed by atoms with E-state index >= 15 is 0 Å². The average molecular weight is 229 g/mol. The van der Waals surface area contributed by atoms with Crippen molar-refractivity contribution in [3.63, 3.8) is 0 Å². The highest BCUT2D eigenvalue weighted by molar-refractivity contribution is 6.33. The summed E-state index contributed by atoms with van der Waals surface area (Å²) < 4.78 is 10.2. The van der Waals surface area contributed by atoms with Crippen LogP contribution in [0.5, 0.6) is 11.5 Å². The Labute approximate surface area is 93.9 Å². The van der Waals surface area contributed by atoms with E-state index in [9.17, 15) is 0 Å². The van der Waals surface area contributed by atoms with E-state index in [2.05, 4.69) is 0 Å². The summed E-state index contributed by atoms with van der Waals surface area (Å²) in [6.45, 7) is -0.0231. The van der Waals surface area contributed by atoms with Crippen LogP contribution in [0.15, 0.2) is 18.2 Å². The second-order valence-corrected chi connectivity index (χ2v) is 3.17. The minimum atomic E-state index is -0.0231. The van der Waals surface area contributed by atoms with Gasteiger partial charge in [-0.3, -0.25) is 0 Å². The van der Waals surface area contributed by atoms with Crippen LogP contribution in [0, 0.1) is 0 Å². The zero-order valence-electron chi connectivity index (χ0n) is 8.66. The van der Waals surface area contributed by atoms with Crippen LogP contribution < -0.4 is 9.47 Å². The first-order chi connectivity index (χ1) is 7.24. The number of hydrogen-bond acceptors (Lipinski definition) is 3. The van der Waals surface area contributed by atoms with Gasteiger partial charge in [0.05, 0.1) is 25.8 Å². The van der Waals surface area contributed by atoms with Gasteiger partial charge in [-0.25, -0.2) is 0 Å². The number of aliphatic hydroxyl groups is 1. The normalized spacial score (nSPS) is 10.7. The topological polar surface area (TPSA) is 38.7 Å². The van der Waals surface area contributed by atoms with Crippen LogP contribution in [0.3, 0.4) is 0 Å². The Balaban J connectivity index is 3.17. The summed E-state index contributed by atoms with van der Waals surface area (Å²) in [5, 5.41) is 9.13. The number of ether oxygens (including phenoxy) is 2. The number of rotatable bonds is 4. The Morgan fingerprint density at radius 1 is 1.33 bits per heavy atom. The summed E-state index contributed by atoms with van der Waals surface area (Å²) in [7, 11) is 3.08. The molecule has 1 aromatic carbocycles. The number of methoxy groups -OCH3 is 2. The smallest absolute Gasteiger partial charge is 0.179 e. The lowest BCUT2D eigenvalue weighted by Crippen LogP contribution is -1.92. The molecule has 0 heterocycles. The molecule has 0 atom stereocenters. The van der Waals surface area contributed by atoms with Crippen molar-refractivity contribution in [1.82, 2.24) is 0 Å². The van der Waals surface area contributed by atoms with Crippen molar-refractivity contribution in [2.45, 2.75) is 0 Å². The Morgan fingerprint density at radius 3 is 2.60 bits per heavy atom. The number of halogens is 1. The van der Waals surface area contributed by atoms with Crippen molar-refractivity contribution in [2.24, 2.45) is 0 Å². The van der Waals surface area contributed by atoms with Crippen LogP contribution >= 0.6 is 11.6 Å². The Hall–Kier alpha value is -1.19. The van der Waals surface area contributed by atoms with Gasteiger partial charge in [-0.15, -0.1) is 0 Å². The van der Waals surface area contributed by atoms with Gasteiger partial charge in [0.25, 0.3) is 0 Å². The molecule has 0 radical (unpaired) electrons. The first kappa shape index (κ1) is 11.9. The molecule has 0 aliphatic rings. The van der Waals surface area contributed by atoms with Crippen molar-refractivity contribution in [3.8, 4) is 11.5 Å². The Morgan fingerprint density at radius 2 is 2.07 bits per heavy atom. The number of aliphatic hydroxyl groups excluding tert-OH is 1. The summed E-state index contributed by atoms with van der Waals surface area (Å²) in [6.07, 6.45) is 3.33. The number of benzene rings is 1. The maximum absolute atomic E-state index is 8.66. The van der Waals surface area contributed by atoms with E-state index in [1.165, 1.54) is 7.11 Å². The van der Waals surface area contributed by atoms with Crippen molar-refractivity contribution in [2.75, 3.05) is 20.8 Å². The highest BCUT2D eigenvalue weighted by atomic mass is 35.5. The second kappa shape index (κ2) is 5.63. The maximum Gasteiger partial charge on any atom is 0.179 e. The Bertz CT molecular complexity index is 361. The van der Waals surface area contributed by atoms with Crippen molar-refractivity contribution in [3.05, 3.63) is 28.8 Å². The van der Waals surface area contributed by atoms with E-state index in [4.69, 9.17) is 26.2 Å². The van der Waals surface area contributed by atoms with Gasteiger partial charge in [-0.05, 0) is 17.7 Å². The van der Waals surface area contributed by atoms with Crippen LogP contribution in [-0.2, 0) is 0 Å². The fourth-order valence-electron chi connectivity index (χ4n) is 1.21. The summed E-state index contributed by atoms with van der Waals surface area (Å²) in [4.78, 5) is 0. The molecule has 0 spiro atoms. The zero-order valence-corrected chi connectivity index (χ0v) is 9.41. The molecule has 0 fully saturated rings. The molecule has 82 valence electrons. The Kier molecular flexibility index (Phi) is 4.46. The molecular formula is C11H13ClO3. The molecule has 15 heavy (non-hydrogen) atoms. The van der Waals surface area contributed by atoms with Crippen LogP contribution in [0.25, 0.3) is 6.08 Å². The van der Waals surface area contributed by atoms with Gasteiger partial charge in [-0.2, -0.15) is 0 Å². The second-order valence-electron chi connectivity index (χ2n) is 2.79. The highest BCUT2D eigenvalue weighted by Gasteiger charge is 2.10. The van der Waals surface area contributed by atoms with Crippen LogP contribution in [-0.4, -0.2) is 25.9 Å². The standard InChI is InChI=1S/C11H13ClO3/c1-14-9-6-5-8(4-3-7-13)10(12)11(9)15-2/h3-6,13H,7H2,1-2H3/b4-3+. The first-order valence-corrected chi connectivity index (χ1v) is 4.80. The minimum Gasteiger partial charge on any atom is -0.493 e. The highest BCUT2D eigenvalue weighted by Crippen LogP contribution is 2.37. The molecule has 0 amide bonds. The SMILES string of the molecule is COc1ccc(/C=C/CO)c(Cl)c1OC. The molecule has 1 N–H and O–H groups in total. The minimum absolute atomic E-state index is 0.0231. The lowest BCUT2D eigenvalue weighted by Gasteiger charge is -2.10. The third kappa shape index (κ3) is 2.64. The van der Waals surface area contributed by atoms with Crippen molar-refractivity contribution >= 4 is 17.7 Å². The van der Waals surface area contributed by atoms with E-state index in [0.717, 1.165) is 5.56 Å². The van der Waals surface area contributed by atoms with Crippen molar-refractivity contribution in [1.29, 1.82) is 0 Å². The van der Waals surface area contributed by atoms with Gasteiger partial charge in [0.1, 0.15) is 0 Å². The third-order valence-corrected chi connectivity index (χ3v) is 2.31. The lowest BCUT2D eigenvalue weighted by atomic mass is 10.2. The molecule has 0 aliphatic heterocycles. The largest absolute Gasteiger partial charge is 0.493 e. The van der Waals surface area contributed by atoms with Crippen molar-refractivity contribution < 1.29 is 14.6 Å².